The molecule has 0 unspecified atom stereocenters. The Balaban J connectivity index is 1.71. The molecule has 0 spiro atoms. The van der Waals surface area contributed by atoms with E-state index in [4.69, 9.17) is 4.42 Å². The summed E-state index contributed by atoms with van der Waals surface area (Å²) in [5, 5.41) is 0. The number of hydrogen-bond acceptors (Lipinski definition) is 3. The van der Waals surface area contributed by atoms with Crippen LogP contribution in [0.25, 0.3) is 0 Å². The highest BCUT2D eigenvalue weighted by molar-refractivity contribution is 5.87. The Bertz CT molecular complexity index is 977. The van der Waals surface area contributed by atoms with Gasteiger partial charge < -0.3 is 9.32 Å². The monoisotopic (exact) mass is 382 g/mol. The molecule has 29 heavy (non-hydrogen) atoms. The molecule has 0 N–H and O–H groups in total. The molecule has 4 rings (SSSR count). The molecule has 0 bridgehead atoms. The molecule has 4 heteroatoms. The summed E-state index contributed by atoms with van der Waals surface area (Å²) >= 11 is 0. The number of carbonyl (C=O) groups is 1. The van der Waals surface area contributed by atoms with Gasteiger partial charge in [0.25, 0.3) is 0 Å². The van der Waals surface area contributed by atoms with Gasteiger partial charge in [0.1, 0.15) is 5.76 Å². The molecule has 2 aromatic heterocycles. The lowest BCUT2D eigenvalue weighted by molar-refractivity contribution is -0.133. The van der Waals surface area contributed by atoms with Gasteiger partial charge in [0.15, 0.2) is 0 Å². The third-order valence-electron chi connectivity index (χ3n) is 4.85. The van der Waals surface area contributed by atoms with Gasteiger partial charge in [-0.15, -0.1) is 0 Å². The maximum Gasteiger partial charge on any atom is 0.235 e. The fourth-order valence-corrected chi connectivity index (χ4v) is 3.47. The third kappa shape index (κ3) is 4.61. The number of furan rings is 1. The first-order valence-electron chi connectivity index (χ1n) is 9.61. The number of rotatable bonds is 7. The fourth-order valence-electron chi connectivity index (χ4n) is 3.47. The maximum absolute atomic E-state index is 13.8. The lowest BCUT2D eigenvalue weighted by atomic mass is 9.90. The Kier molecular flexibility index (Phi) is 5.81. The van der Waals surface area contributed by atoms with Gasteiger partial charge in [0.2, 0.25) is 5.91 Å². The summed E-state index contributed by atoms with van der Waals surface area (Å²) in [4.78, 5) is 19.9. The van der Waals surface area contributed by atoms with Crippen molar-refractivity contribution in [2.45, 2.75) is 19.0 Å². The standard InChI is InChI=1S/C25H22N2O2/c28-25(24(21-10-3-1-4-11-21)22-12-5-2-6-13-22)27(19-23-14-8-16-29-23)18-20-9-7-15-26-17-20/h1-17,24H,18-19H2. The SMILES string of the molecule is O=C(C(c1ccccc1)c1ccccc1)N(Cc1cccnc1)Cc1ccco1. The van der Waals surface area contributed by atoms with Crippen LogP contribution in [0.1, 0.15) is 28.4 Å². The lowest BCUT2D eigenvalue weighted by Gasteiger charge is -2.27. The highest BCUT2D eigenvalue weighted by atomic mass is 16.3. The first kappa shape index (κ1) is 18.7. The highest BCUT2D eigenvalue weighted by Gasteiger charge is 2.28. The molecular formula is C25H22N2O2. The normalized spacial score (nSPS) is 10.8. The highest BCUT2D eigenvalue weighted by Crippen LogP contribution is 2.28. The van der Waals surface area contributed by atoms with Crippen LogP contribution >= 0.6 is 0 Å². The zero-order valence-corrected chi connectivity index (χ0v) is 16.0. The maximum atomic E-state index is 13.8. The van der Waals surface area contributed by atoms with Gasteiger partial charge in [0, 0.05) is 18.9 Å². The van der Waals surface area contributed by atoms with Crippen LogP contribution in [0.5, 0.6) is 0 Å². The van der Waals surface area contributed by atoms with Crippen molar-refractivity contribution >= 4 is 5.91 Å². The summed E-state index contributed by atoms with van der Waals surface area (Å²) in [6.07, 6.45) is 5.16. The van der Waals surface area contributed by atoms with Gasteiger partial charge >= 0.3 is 0 Å². The smallest absolute Gasteiger partial charge is 0.235 e. The molecule has 0 fully saturated rings. The zero-order chi connectivity index (χ0) is 19.9. The summed E-state index contributed by atoms with van der Waals surface area (Å²) in [7, 11) is 0. The molecule has 0 radical (unpaired) electrons. The molecule has 0 saturated heterocycles. The van der Waals surface area contributed by atoms with Gasteiger partial charge in [-0.05, 0) is 34.9 Å². The average molecular weight is 382 g/mol. The minimum absolute atomic E-state index is 0.0302. The van der Waals surface area contributed by atoms with Crippen molar-refractivity contribution in [3.05, 3.63) is 126 Å². The van der Waals surface area contributed by atoms with Crippen molar-refractivity contribution in [1.29, 1.82) is 0 Å². The van der Waals surface area contributed by atoms with Gasteiger partial charge in [-0.25, -0.2) is 0 Å². The second kappa shape index (κ2) is 9.02. The molecule has 2 heterocycles. The van der Waals surface area contributed by atoms with Crippen LogP contribution in [-0.2, 0) is 17.9 Å². The number of pyridine rings is 1. The van der Waals surface area contributed by atoms with Crippen LogP contribution in [0.15, 0.2) is 108 Å². The molecule has 4 nitrogen and oxygen atoms in total. The number of nitrogens with zero attached hydrogens (tertiary/aromatic N) is 2. The largest absolute Gasteiger partial charge is 0.467 e. The van der Waals surface area contributed by atoms with E-state index in [1.54, 1.807) is 18.7 Å². The number of hydrogen-bond donors (Lipinski definition) is 0. The third-order valence-corrected chi connectivity index (χ3v) is 4.85. The Hall–Kier alpha value is -3.66. The van der Waals surface area contributed by atoms with Crippen LogP contribution in [0.2, 0.25) is 0 Å². The number of aromatic nitrogens is 1. The van der Waals surface area contributed by atoms with E-state index < -0.39 is 0 Å². The van der Waals surface area contributed by atoms with Crippen LogP contribution in [0, 0.1) is 0 Å². The molecule has 0 atom stereocenters. The van der Waals surface area contributed by atoms with E-state index in [0.29, 0.717) is 13.1 Å². The Labute approximate surface area is 170 Å². The quantitative estimate of drug-likeness (QED) is 0.450. The summed E-state index contributed by atoms with van der Waals surface area (Å²) in [6, 6.07) is 27.4. The topological polar surface area (TPSA) is 46.3 Å². The molecule has 0 aliphatic carbocycles. The van der Waals surface area contributed by atoms with Crippen LogP contribution in [-0.4, -0.2) is 15.8 Å². The van der Waals surface area contributed by atoms with Crippen LogP contribution in [0.3, 0.4) is 0 Å². The predicted octanol–water partition coefficient (Wildman–Crippen LogP) is 5.04. The van der Waals surface area contributed by atoms with E-state index in [1.807, 2.05) is 89.8 Å². The van der Waals surface area contributed by atoms with E-state index in [9.17, 15) is 4.79 Å². The number of carbonyl (C=O) groups excluding carboxylic acids is 1. The van der Waals surface area contributed by atoms with E-state index in [0.717, 1.165) is 22.5 Å². The summed E-state index contributed by atoms with van der Waals surface area (Å²) in [6.45, 7) is 0.862. The molecule has 144 valence electrons. The lowest BCUT2D eigenvalue weighted by Crippen LogP contribution is -2.34. The zero-order valence-electron chi connectivity index (χ0n) is 16.0. The first-order valence-corrected chi connectivity index (χ1v) is 9.61. The van der Waals surface area contributed by atoms with Crippen molar-refractivity contribution in [3.63, 3.8) is 0 Å². The average Bonchev–Trinajstić information content (AvgIpc) is 3.29. The minimum Gasteiger partial charge on any atom is -0.467 e. The van der Waals surface area contributed by atoms with Gasteiger partial charge in [-0.1, -0.05) is 66.7 Å². The summed E-state index contributed by atoms with van der Waals surface area (Å²) in [5.74, 6) is 0.397. The van der Waals surface area contributed by atoms with Crippen molar-refractivity contribution in [2.24, 2.45) is 0 Å². The van der Waals surface area contributed by atoms with E-state index >= 15 is 0 Å². The van der Waals surface area contributed by atoms with E-state index in [2.05, 4.69) is 4.98 Å². The molecule has 0 saturated carbocycles. The Morgan fingerprint density at radius 1 is 0.828 bits per heavy atom. The second-order valence-electron chi connectivity index (χ2n) is 6.89. The van der Waals surface area contributed by atoms with Crippen molar-refractivity contribution < 1.29 is 9.21 Å². The summed E-state index contributed by atoms with van der Waals surface area (Å²) in [5.41, 5.74) is 2.92. The van der Waals surface area contributed by atoms with Crippen molar-refractivity contribution in [3.8, 4) is 0 Å². The summed E-state index contributed by atoms with van der Waals surface area (Å²) < 4.78 is 5.53. The second-order valence-corrected chi connectivity index (χ2v) is 6.89. The van der Waals surface area contributed by atoms with Crippen LogP contribution < -0.4 is 0 Å². The van der Waals surface area contributed by atoms with Gasteiger partial charge in [-0.3, -0.25) is 9.78 Å². The van der Waals surface area contributed by atoms with E-state index in [-0.39, 0.29) is 11.8 Å². The fraction of sp³-hybridized carbons (Fsp3) is 0.120. The van der Waals surface area contributed by atoms with Gasteiger partial charge in [-0.2, -0.15) is 0 Å². The number of amides is 1. The Morgan fingerprint density at radius 3 is 2.07 bits per heavy atom. The predicted molar refractivity (Wildman–Crippen MR) is 112 cm³/mol. The van der Waals surface area contributed by atoms with Crippen LogP contribution in [0.4, 0.5) is 0 Å². The first-order chi connectivity index (χ1) is 14.3. The number of benzene rings is 2. The minimum atomic E-state index is -0.385. The van der Waals surface area contributed by atoms with E-state index in [1.165, 1.54) is 0 Å². The molecule has 0 aliphatic heterocycles. The van der Waals surface area contributed by atoms with Gasteiger partial charge in [0.05, 0.1) is 18.7 Å². The Morgan fingerprint density at radius 2 is 1.52 bits per heavy atom. The molecular weight excluding hydrogens is 360 g/mol. The molecule has 0 aliphatic rings. The molecule has 1 amide bonds. The van der Waals surface area contributed by atoms with Crippen molar-refractivity contribution in [1.82, 2.24) is 9.88 Å². The molecule has 2 aromatic carbocycles. The van der Waals surface area contributed by atoms with Crippen molar-refractivity contribution in [2.75, 3.05) is 0 Å². The molecule has 4 aromatic rings.